The summed E-state index contributed by atoms with van der Waals surface area (Å²) in [5.41, 5.74) is 1.26. The van der Waals surface area contributed by atoms with Crippen LogP contribution in [0, 0.1) is 12.3 Å². The van der Waals surface area contributed by atoms with Gasteiger partial charge in [0.15, 0.2) is 0 Å². The second kappa shape index (κ2) is 6.92. The molecule has 0 bridgehead atoms. The van der Waals surface area contributed by atoms with Gasteiger partial charge in [0.2, 0.25) is 0 Å². The lowest BCUT2D eigenvalue weighted by Gasteiger charge is -2.18. The first-order valence-electron chi connectivity index (χ1n) is 5.25. The van der Waals surface area contributed by atoms with Gasteiger partial charge >= 0.3 is 0 Å². The molecule has 1 aromatic rings. The molecule has 80 valence electrons. The Morgan fingerprint density at radius 1 is 1.33 bits per heavy atom. The summed E-state index contributed by atoms with van der Waals surface area (Å²) in [6, 6.07) is 10.4. The predicted octanol–water partition coefficient (Wildman–Crippen LogP) is 1.74. The molecule has 2 heteroatoms. The highest BCUT2D eigenvalue weighted by Gasteiger charge is 1.97. The van der Waals surface area contributed by atoms with Crippen molar-refractivity contribution >= 4 is 5.69 Å². The molecular weight excluding hydrogens is 184 g/mol. The van der Waals surface area contributed by atoms with Crippen molar-refractivity contribution in [1.29, 1.82) is 0 Å². The van der Waals surface area contributed by atoms with E-state index in [2.05, 4.69) is 47.5 Å². The maximum atomic E-state index is 5.14. The molecule has 0 aromatic heterocycles. The highest BCUT2D eigenvalue weighted by atomic mass is 15.1. The van der Waals surface area contributed by atoms with E-state index in [-0.39, 0.29) is 0 Å². The number of para-hydroxylation sites is 1. The Morgan fingerprint density at radius 3 is 2.73 bits per heavy atom. The van der Waals surface area contributed by atoms with Crippen LogP contribution in [0.25, 0.3) is 0 Å². The predicted molar refractivity (Wildman–Crippen MR) is 66.0 cm³/mol. The van der Waals surface area contributed by atoms with Gasteiger partial charge in [0.25, 0.3) is 0 Å². The molecule has 1 N–H and O–H groups in total. The molecular formula is C13H18N2. The molecule has 0 aliphatic carbocycles. The SMILES string of the molecule is C#CCNCCCN(C)c1ccccc1. The van der Waals surface area contributed by atoms with E-state index in [4.69, 9.17) is 6.42 Å². The van der Waals surface area contributed by atoms with Crippen molar-refractivity contribution in [1.82, 2.24) is 5.32 Å². The van der Waals surface area contributed by atoms with Crippen molar-refractivity contribution in [2.24, 2.45) is 0 Å². The van der Waals surface area contributed by atoms with E-state index in [1.807, 2.05) is 6.07 Å². The van der Waals surface area contributed by atoms with Crippen LogP contribution in [0.2, 0.25) is 0 Å². The second-order valence-electron chi connectivity index (χ2n) is 3.49. The first kappa shape index (κ1) is 11.6. The molecule has 0 saturated heterocycles. The topological polar surface area (TPSA) is 15.3 Å². The third-order valence-electron chi connectivity index (χ3n) is 2.27. The monoisotopic (exact) mass is 202 g/mol. The van der Waals surface area contributed by atoms with E-state index < -0.39 is 0 Å². The summed E-state index contributed by atoms with van der Waals surface area (Å²) in [5.74, 6) is 2.56. The van der Waals surface area contributed by atoms with Crippen LogP contribution in [0.1, 0.15) is 6.42 Å². The number of hydrogen-bond acceptors (Lipinski definition) is 2. The molecule has 0 aliphatic heterocycles. The molecule has 0 aliphatic rings. The highest BCUT2D eigenvalue weighted by Crippen LogP contribution is 2.10. The molecule has 2 nitrogen and oxygen atoms in total. The molecule has 0 saturated carbocycles. The van der Waals surface area contributed by atoms with E-state index in [1.165, 1.54) is 5.69 Å². The average molecular weight is 202 g/mol. The zero-order valence-corrected chi connectivity index (χ0v) is 9.24. The Labute approximate surface area is 92.3 Å². The molecule has 0 atom stereocenters. The molecule has 1 rings (SSSR count). The first-order chi connectivity index (χ1) is 7.34. The van der Waals surface area contributed by atoms with Gasteiger partial charge in [0.05, 0.1) is 6.54 Å². The van der Waals surface area contributed by atoms with E-state index >= 15 is 0 Å². The van der Waals surface area contributed by atoms with Crippen LogP contribution >= 0.6 is 0 Å². The quantitative estimate of drug-likeness (QED) is 0.558. The largest absolute Gasteiger partial charge is 0.375 e. The highest BCUT2D eigenvalue weighted by molar-refractivity contribution is 5.44. The van der Waals surface area contributed by atoms with E-state index in [0.29, 0.717) is 6.54 Å². The summed E-state index contributed by atoms with van der Waals surface area (Å²) in [5, 5.41) is 3.18. The van der Waals surface area contributed by atoms with Gasteiger partial charge in [-0.3, -0.25) is 0 Å². The summed E-state index contributed by atoms with van der Waals surface area (Å²) in [7, 11) is 2.11. The Bertz CT molecular complexity index is 300. The molecule has 0 spiro atoms. The molecule has 1 aromatic carbocycles. The zero-order valence-electron chi connectivity index (χ0n) is 9.24. The normalized spacial score (nSPS) is 9.60. The number of rotatable bonds is 6. The number of nitrogens with one attached hydrogen (secondary N) is 1. The van der Waals surface area contributed by atoms with Gasteiger partial charge in [-0.1, -0.05) is 24.1 Å². The summed E-state index contributed by atoms with van der Waals surface area (Å²) < 4.78 is 0. The Hall–Kier alpha value is -1.46. The van der Waals surface area contributed by atoms with Gasteiger partial charge in [0.1, 0.15) is 0 Å². The van der Waals surface area contributed by atoms with E-state index in [0.717, 1.165) is 19.5 Å². The van der Waals surface area contributed by atoms with Crippen molar-refractivity contribution < 1.29 is 0 Å². The average Bonchev–Trinajstić information content (AvgIpc) is 2.30. The van der Waals surface area contributed by atoms with E-state index in [1.54, 1.807) is 0 Å². The van der Waals surface area contributed by atoms with Gasteiger partial charge in [-0.15, -0.1) is 6.42 Å². The number of nitrogens with zero attached hydrogens (tertiary/aromatic N) is 1. The van der Waals surface area contributed by atoms with Crippen molar-refractivity contribution in [3.8, 4) is 12.3 Å². The van der Waals surface area contributed by atoms with Crippen molar-refractivity contribution in [3.05, 3.63) is 30.3 Å². The third kappa shape index (κ3) is 4.53. The van der Waals surface area contributed by atoms with Gasteiger partial charge < -0.3 is 10.2 Å². The van der Waals surface area contributed by atoms with Gasteiger partial charge in [0, 0.05) is 19.3 Å². The Morgan fingerprint density at radius 2 is 2.07 bits per heavy atom. The lowest BCUT2D eigenvalue weighted by atomic mass is 10.3. The molecule has 0 amide bonds. The van der Waals surface area contributed by atoms with Crippen LogP contribution < -0.4 is 10.2 Å². The molecule has 0 heterocycles. The summed E-state index contributed by atoms with van der Waals surface area (Å²) >= 11 is 0. The molecule has 0 fully saturated rings. The van der Waals surface area contributed by atoms with E-state index in [9.17, 15) is 0 Å². The van der Waals surface area contributed by atoms with Crippen molar-refractivity contribution in [2.45, 2.75) is 6.42 Å². The Kier molecular flexibility index (Phi) is 5.35. The van der Waals surface area contributed by atoms with Crippen LogP contribution in [-0.4, -0.2) is 26.7 Å². The van der Waals surface area contributed by atoms with Gasteiger partial charge in [-0.25, -0.2) is 0 Å². The van der Waals surface area contributed by atoms with Crippen LogP contribution in [-0.2, 0) is 0 Å². The third-order valence-corrected chi connectivity index (χ3v) is 2.27. The molecule has 0 radical (unpaired) electrons. The van der Waals surface area contributed by atoms with Crippen molar-refractivity contribution in [3.63, 3.8) is 0 Å². The van der Waals surface area contributed by atoms with Gasteiger partial charge in [-0.2, -0.15) is 0 Å². The zero-order chi connectivity index (χ0) is 10.9. The summed E-state index contributed by atoms with van der Waals surface area (Å²) in [4.78, 5) is 2.25. The summed E-state index contributed by atoms with van der Waals surface area (Å²) in [6.45, 7) is 2.68. The minimum Gasteiger partial charge on any atom is -0.375 e. The summed E-state index contributed by atoms with van der Waals surface area (Å²) in [6.07, 6.45) is 6.24. The van der Waals surface area contributed by atoms with Crippen LogP contribution in [0.4, 0.5) is 5.69 Å². The van der Waals surface area contributed by atoms with Crippen LogP contribution in [0.15, 0.2) is 30.3 Å². The van der Waals surface area contributed by atoms with Crippen LogP contribution in [0.3, 0.4) is 0 Å². The lowest BCUT2D eigenvalue weighted by molar-refractivity contribution is 0.690. The lowest BCUT2D eigenvalue weighted by Crippen LogP contribution is -2.23. The maximum absolute atomic E-state index is 5.14. The first-order valence-corrected chi connectivity index (χ1v) is 5.25. The van der Waals surface area contributed by atoms with Crippen molar-refractivity contribution in [2.75, 3.05) is 31.6 Å². The molecule has 15 heavy (non-hydrogen) atoms. The number of benzene rings is 1. The minimum absolute atomic E-state index is 0.662. The fourth-order valence-corrected chi connectivity index (χ4v) is 1.41. The smallest absolute Gasteiger partial charge is 0.0573 e. The standard InChI is InChI=1S/C13H18N2/c1-3-10-14-11-7-12-15(2)13-8-5-4-6-9-13/h1,4-6,8-9,14H,7,10-12H2,2H3. The minimum atomic E-state index is 0.662. The number of anilines is 1. The van der Waals surface area contributed by atoms with Crippen LogP contribution in [0.5, 0.6) is 0 Å². The second-order valence-corrected chi connectivity index (χ2v) is 3.49. The Balaban J connectivity index is 2.20. The fourth-order valence-electron chi connectivity index (χ4n) is 1.41. The number of terminal acetylenes is 1. The molecule has 0 unspecified atom stereocenters. The maximum Gasteiger partial charge on any atom is 0.0573 e. The van der Waals surface area contributed by atoms with Gasteiger partial charge in [-0.05, 0) is 25.1 Å². The number of hydrogen-bond donors (Lipinski definition) is 1. The fraction of sp³-hybridized carbons (Fsp3) is 0.385.